The number of fused-ring (bicyclic) bond motifs is 1. The van der Waals surface area contributed by atoms with Gasteiger partial charge in [-0.1, -0.05) is 35.9 Å². The van der Waals surface area contributed by atoms with Gasteiger partial charge in [-0.05, 0) is 37.1 Å². The molecule has 0 N–H and O–H groups in total. The number of hydrogen-bond acceptors (Lipinski definition) is 3. The first-order valence-corrected chi connectivity index (χ1v) is 8.61. The van der Waals surface area contributed by atoms with Gasteiger partial charge in [-0.3, -0.25) is 4.31 Å². The van der Waals surface area contributed by atoms with E-state index in [1.54, 1.807) is 36.4 Å². The predicted molar refractivity (Wildman–Crippen MR) is 85.6 cm³/mol. The normalized spacial score (nSPS) is 17.9. The van der Waals surface area contributed by atoms with Gasteiger partial charge in [-0.2, -0.15) is 0 Å². The molecule has 2 aromatic rings. The molecule has 0 spiro atoms. The van der Waals surface area contributed by atoms with Crippen LogP contribution in [0.4, 0.5) is 5.69 Å². The molecular weight excluding hydrogens is 298 g/mol. The third-order valence-electron chi connectivity index (χ3n) is 4.02. The summed E-state index contributed by atoms with van der Waals surface area (Å²) in [6, 6.07) is 14.0. The molecule has 0 radical (unpaired) electrons. The van der Waals surface area contributed by atoms with Crippen LogP contribution >= 0.6 is 0 Å². The second-order valence-electron chi connectivity index (χ2n) is 5.48. The first-order valence-electron chi connectivity index (χ1n) is 7.17. The van der Waals surface area contributed by atoms with E-state index in [0.29, 0.717) is 18.7 Å². The van der Waals surface area contributed by atoms with Crippen molar-refractivity contribution in [3.63, 3.8) is 0 Å². The predicted octanol–water partition coefficient (Wildman–Crippen LogP) is 2.88. The minimum Gasteiger partial charge on any atom is -0.303 e. The summed E-state index contributed by atoms with van der Waals surface area (Å²) >= 11 is 0. The van der Waals surface area contributed by atoms with Crippen LogP contribution in [0.25, 0.3) is 0 Å². The van der Waals surface area contributed by atoms with Gasteiger partial charge in [-0.25, -0.2) is 8.42 Å². The number of carbonyl (C=O) groups excluding carboxylic acids is 1. The van der Waals surface area contributed by atoms with Crippen LogP contribution in [0, 0.1) is 6.92 Å². The molecule has 0 aromatic heterocycles. The Morgan fingerprint density at radius 2 is 1.77 bits per heavy atom. The number of aldehydes is 1. The zero-order valence-electron chi connectivity index (χ0n) is 12.3. The Kier molecular flexibility index (Phi) is 3.74. The molecule has 0 saturated heterocycles. The molecule has 114 valence electrons. The molecule has 4 nitrogen and oxygen atoms in total. The van der Waals surface area contributed by atoms with E-state index in [1.807, 2.05) is 19.1 Å². The largest absolute Gasteiger partial charge is 0.303 e. The molecule has 3 rings (SSSR count). The summed E-state index contributed by atoms with van der Waals surface area (Å²) in [7, 11) is -3.61. The Morgan fingerprint density at radius 1 is 1.09 bits per heavy atom. The number of rotatable bonds is 3. The summed E-state index contributed by atoms with van der Waals surface area (Å²) in [5.74, 6) is -0.235. The Balaban J connectivity index is 2.08. The third-order valence-corrected chi connectivity index (χ3v) is 5.85. The summed E-state index contributed by atoms with van der Waals surface area (Å²) < 4.78 is 27.2. The number of anilines is 1. The van der Waals surface area contributed by atoms with Crippen LogP contribution in [0.5, 0.6) is 0 Å². The van der Waals surface area contributed by atoms with Crippen LogP contribution in [0.2, 0.25) is 0 Å². The molecule has 5 heteroatoms. The van der Waals surface area contributed by atoms with Crippen LogP contribution in [-0.4, -0.2) is 21.2 Å². The minimum atomic E-state index is -3.61. The smallest absolute Gasteiger partial charge is 0.264 e. The molecule has 1 heterocycles. The standard InChI is InChI=1S/C17H17NO3S/c1-13-6-8-15(9-7-13)22(20,21)18-11-10-14(12-19)16-4-2-3-5-17(16)18/h2-9,12,14H,10-11H2,1H3. The van der Waals surface area contributed by atoms with Crippen molar-refractivity contribution in [2.45, 2.75) is 24.2 Å². The van der Waals surface area contributed by atoms with E-state index >= 15 is 0 Å². The first-order chi connectivity index (χ1) is 10.5. The molecule has 22 heavy (non-hydrogen) atoms. The van der Waals surface area contributed by atoms with Crippen molar-refractivity contribution in [3.05, 3.63) is 59.7 Å². The van der Waals surface area contributed by atoms with Crippen molar-refractivity contribution < 1.29 is 13.2 Å². The van der Waals surface area contributed by atoms with Gasteiger partial charge in [0.25, 0.3) is 10.0 Å². The monoisotopic (exact) mass is 315 g/mol. The maximum absolute atomic E-state index is 12.9. The fourth-order valence-electron chi connectivity index (χ4n) is 2.79. The summed E-state index contributed by atoms with van der Waals surface area (Å²) in [6.07, 6.45) is 1.40. The van der Waals surface area contributed by atoms with Crippen molar-refractivity contribution in [1.29, 1.82) is 0 Å². The zero-order chi connectivity index (χ0) is 15.7. The minimum absolute atomic E-state index is 0.235. The number of sulfonamides is 1. The maximum atomic E-state index is 12.9. The average Bonchev–Trinajstić information content (AvgIpc) is 2.54. The maximum Gasteiger partial charge on any atom is 0.264 e. The van der Waals surface area contributed by atoms with Crippen molar-refractivity contribution in [1.82, 2.24) is 0 Å². The van der Waals surface area contributed by atoms with Crippen molar-refractivity contribution in [2.75, 3.05) is 10.8 Å². The average molecular weight is 315 g/mol. The highest BCUT2D eigenvalue weighted by Gasteiger charge is 2.32. The number of aryl methyl sites for hydroxylation is 1. The lowest BCUT2D eigenvalue weighted by molar-refractivity contribution is -0.109. The topological polar surface area (TPSA) is 54.5 Å². The van der Waals surface area contributed by atoms with Crippen molar-refractivity contribution in [3.8, 4) is 0 Å². The van der Waals surface area contributed by atoms with Crippen molar-refractivity contribution >= 4 is 22.0 Å². The van der Waals surface area contributed by atoms with E-state index in [2.05, 4.69) is 0 Å². The molecule has 1 unspecified atom stereocenters. The van der Waals surface area contributed by atoms with E-state index in [0.717, 1.165) is 17.4 Å². The number of benzene rings is 2. The lowest BCUT2D eigenvalue weighted by atomic mass is 9.92. The van der Waals surface area contributed by atoms with Gasteiger partial charge in [0, 0.05) is 12.5 Å². The Labute approximate surface area is 130 Å². The summed E-state index contributed by atoms with van der Waals surface area (Å²) in [5.41, 5.74) is 2.39. The van der Waals surface area contributed by atoms with E-state index < -0.39 is 10.0 Å². The Morgan fingerprint density at radius 3 is 2.45 bits per heavy atom. The summed E-state index contributed by atoms with van der Waals surface area (Å²) in [4.78, 5) is 11.5. The van der Waals surface area contributed by atoms with Gasteiger partial charge < -0.3 is 4.79 Å². The molecule has 1 aliphatic heterocycles. The van der Waals surface area contributed by atoms with Crippen LogP contribution in [0.3, 0.4) is 0 Å². The second-order valence-corrected chi connectivity index (χ2v) is 7.34. The van der Waals surface area contributed by atoms with Crippen LogP contribution in [-0.2, 0) is 14.8 Å². The lowest BCUT2D eigenvalue weighted by Crippen LogP contribution is -2.37. The number of carbonyl (C=O) groups is 1. The number of nitrogens with zero attached hydrogens (tertiary/aromatic N) is 1. The fraction of sp³-hybridized carbons (Fsp3) is 0.235. The highest BCUT2D eigenvalue weighted by molar-refractivity contribution is 7.92. The van der Waals surface area contributed by atoms with Crippen molar-refractivity contribution in [2.24, 2.45) is 0 Å². The number of hydrogen-bond donors (Lipinski definition) is 0. The van der Waals surface area contributed by atoms with Crippen LogP contribution in [0.15, 0.2) is 53.4 Å². The molecule has 2 aromatic carbocycles. The Hall–Kier alpha value is -2.14. The van der Waals surface area contributed by atoms with Gasteiger partial charge >= 0.3 is 0 Å². The fourth-order valence-corrected chi connectivity index (χ4v) is 4.29. The van der Waals surface area contributed by atoms with E-state index in [4.69, 9.17) is 0 Å². The zero-order valence-corrected chi connectivity index (χ0v) is 13.1. The molecule has 0 saturated carbocycles. The quantitative estimate of drug-likeness (QED) is 0.818. The lowest BCUT2D eigenvalue weighted by Gasteiger charge is -2.33. The summed E-state index contributed by atoms with van der Waals surface area (Å²) in [6.45, 7) is 2.23. The van der Waals surface area contributed by atoms with Crippen LogP contribution < -0.4 is 4.31 Å². The van der Waals surface area contributed by atoms with Gasteiger partial charge in [0.05, 0.1) is 10.6 Å². The third kappa shape index (κ3) is 2.41. The SMILES string of the molecule is Cc1ccc(S(=O)(=O)N2CCC(C=O)c3ccccc32)cc1. The molecule has 0 aliphatic carbocycles. The molecule has 1 aliphatic rings. The molecule has 0 amide bonds. The second kappa shape index (κ2) is 5.57. The van der Waals surface area contributed by atoms with Gasteiger partial charge in [0.2, 0.25) is 0 Å². The Bertz CT molecular complexity index is 797. The molecular formula is C17H17NO3S. The highest BCUT2D eigenvalue weighted by atomic mass is 32.2. The van der Waals surface area contributed by atoms with E-state index in [9.17, 15) is 13.2 Å². The first kappa shape index (κ1) is 14.8. The molecule has 0 bridgehead atoms. The van der Waals surface area contributed by atoms with E-state index in [1.165, 1.54) is 4.31 Å². The summed E-state index contributed by atoms with van der Waals surface area (Å²) in [5, 5.41) is 0. The van der Waals surface area contributed by atoms with E-state index in [-0.39, 0.29) is 10.8 Å². The van der Waals surface area contributed by atoms with Gasteiger partial charge in [-0.15, -0.1) is 0 Å². The van der Waals surface area contributed by atoms with Gasteiger partial charge in [0.1, 0.15) is 6.29 Å². The molecule has 1 atom stereocenters. The van der Waals surface area contributed by atoms with Gasteiger partial charge in [0.15, 0.2) is 0 Å². The van der Waals surface area contributed by atoms with Crippen LogP contribution in [0.1, 0.15) is 23.5 Å². The highest BCUT2D eigenvalue weighted by Crippen LogP contribution is 2.37. The number of para-hydroxylation sites is 1. The molecule has 0 fully saturated rings.